The highest BCUT2D eigenvalue weighted by Crippen LogP contribution is 2.29. The summed E-state index contributed by atoms with van der Waals surface area (Å²) in [6, 6.07) is 0. The van der Waals surface area contributed by atoms with Crippen molar-refractivity contribution in [1.82, 2.24) is 0 Å². The van der Waals surface area contributed by atoms with Crippen molar-refractivity contribution in [3.8, 4) is 0 Å². The van der Waals surface area contributed by atoms with Gasteiger partial charge >= 0.3 is 5.97 Å². The van der Waals surface area contributed by atoms with Gasteiger partial charge in [0.2, 0.25) is 0 Å². The molecule has 3 nitrogen and oxygen atoms in total. The number of hydrogen-bond acceptors (Lipinski definition) is 2. The van der Waals surface area contributed by atoms with Crippen LogP contribution in [0.1, 0.15) is 13.3 Å². The van der Waals surface area contributed by atoms with Crippen LogP contribution >= 0.6 is 0 Å². The van der Waals surface area contributed by atoms with Crippen LogP contribution in [0.2, 0.25) is 0 Å². The van der Waals surface area contributed by atoms with E-state index < -0.39 is 11.4 Å². The summed E-state index contributed by atoms with van der Waals surface area (Å²) >= 11 is 0. The Morgan fingerprint density at radius 3 is 2.75 bits per heavy atom. The zero-order valence-corrected chi connectivity index (χ0v) is 7.20. The largest absolute Gasteiger partial charge is 0.497 e. The second-order valence-electron chi connectivity index (χ2n) is 3.07. The molecule has 1 rings (SSSR count). The third kappa shape index (κ3) is 1.49. The van der Waals surface area contributed by atoms with Crippen LogP contribution in [0.5, 0.6) is 0 Å². The molecule has 0 radical (unpaired) electrons. The minimum absolute atomic E-state index is 0.488. The molecule has 0 bridgehead atoms. The van der Waals surface area contributed by atoms with E-state index in [2.05, 4.69) is 0 Å². The molecule has 66 valence electrons. The van der Waals surface area contributed by atoms with Crippen molar-refractivity contribution in [2.24, 2.45) is 5.41 Å². The number of rotatable bonds is 2. The summed E-state index contributed by atoms with van der Waals surface area (Å²) in [5.74, 6) is -0.0705. The fraction of sp³-hybridized carbons (Fsp3) is 0.444. The first-order valence-electron chi connectivity index (χ1n) is 3.75. The number of carbonyl (C=O) groups is 1. The van der Waals surface area contributed by atoms with Gasteiger partial charge in [0.25, 0.3) is 0 Å². The molecule has 0 saturated carbocycles. The van der Waals surface area contributed by atoms with Gasteiger partial charge in [-0.15, -0.1) is 0 Å². The third-order valence-electron chi connectivity index (χ3n) is 2.07. The second-order valence-corrected chi connectivity index (χ2v) is 3.07. The maximum Gasteiger partial charge on any atom is 0.313 e. The van der Waals surface area contributed by atoms with Crippen molar-refractivity contribution in [2.75, 3.05) is 7.11 Å². The third-order valence-corrected chi connectivity index (χ3v) is 2.07. The van der Waals surface area contributed by atoms with Gasteiger partial charge in [0.05, 0.1) is 12.5 Å². The van der Waals surface area contributed by atoms with Gasteiger partial charge in [0.15, 0.2) is 0 Å². The molecule has 0 spiro atoms. The van der Waals surface area contributed by atoms with Crippen LogP contribution < -0.4 is 0 Å². The van der Waals surface area contributed by atoms with Crippen molar-refractivity contribution in [3.05, 3.63) is 24.0 Å². The molecule has 3 heteroatoms. The molecule has 1 N–H and O–H groups in total. The maximum atomic E-state index is 10.7. The lowest BCUT2D eigenvalue weighted by Crippen LogP contribution is -2.25. The van der Waals surface area contributed by atoms with E-state index in [0.29, 0.717) is 6.42 Å². The van der Waals surface area contributed by atoms with Crippen LogP contribution in [0.4, 0.5) is 0 Å². The molecular formula is C9H12O3. The Kier molecular flexibility index (Phi) is 2.22. The lowest BCUT2D eigenvalue weighted by molar-refractivity contribution is -0.145. The molecule has 0 aromatic carbocycles. The first-order chi connectivity index (χ1) is 5.58. The molecular weight excluding hydrogens is 156 g/mol. The summed E-state index contributed by atoms with van der Waals surface area (Å²) in [5.41, 5.74) is -0.762. The van der Waals surface area contributed by atoms with Crippen LogP contribution in [-0.2, 0) is 9.53 Å². The standard InChI is InChI=1S/C9H12O3/c1-9(8(10)11)5-3-7(12-2)4-6-9/h3-5H,6H2,1-2H3,(H,10,11). The molecule has 0 fully saturated rings. The average Bonchev–Trinajstić information content (AvgIpc) is 2.06. The fourth-order valence-corrected chi connectivity index (χ4v) is 1.02. The highest BCUT2D eigenvalue weighted by atomic mass is 16.5. The van der Waals surface area contributed by atoms with Crippen LogP contribution in [0.25, 0.3) is 0 Å². The van der Waals surface area contributed by atoms with Gasteiger partial charge in [-0.3, -0.25) is 4.79 Å². The minimum atomic E-state index is -0.801. The molecule has 0 aromatic heterocycles. The molecule has 0 amide bonds. The second kappa shape index (κ2) is 3.01. The Bertz CT molecular complexity index is 252. The van der Waals surface area contributed by atoms with Crippen LogP contribution in [0.15, 0.2) is 24.0 Å². The van der Waals surface area contributed by atoms with Crippen molar-refractivity contribution in [1.29, 1.82) is 0 Å². The van der Waals surface area contributed by atoms with Gasteiger partial charge in [-0.25, -0.2) is 0 Å². The van der Waals surface area contributed by atoms with Gasteiger partial charge in [0.1, 0.15) is 5.76 Å². The number of aliphatic carboxylic acids is 1. The quantitative estimate of drug-likeness (QED) is 0.680. The normalized spacial score (nSPS) is 28.0. The monoisotopic (exact) mass is 168 g/mol. The molecule has 1 aliphatic rings. The first-order valence-corrected chi connectivity index (χ1v) is 3.75. The van der Waals surface area contributed by atoms with E-state index in [1.54, 1.807) is 32.3 Å². The van der Waals surface area contributed by atoms with Gasteiger partial charge in [-0.2, -0.15) is 0 Å². The Balaban J connectivity index is 2.76. The number of ether oxygens (including phenoxy) is 1. The minimum Gasteiger partial charge on any atom is -0.497 e. The lowest BCUT2D eigenvalue weighted by Gasteiger charge is -2.22. The van der Waals surface area contributed by atoms with E-state index in [-0.39, 0.29) is 0 Å². The van der Waals surface area contributed by atoms with Gasteiger partial charge in [0, 0.05) is 0 Å². The van der Waals surface area contributed by atoms with E-state index in [1.807, 2.05) is 0 Å². The lowest BCUT2D eigenvalue weighted by atomic mass is 9.84. The Labute approximate surface area is 71.3 Å². The summed E-state index contributed by atoms with van der Waals surface area (Å²) in [6.07, 6.45) is 5.63. The zero-order chi connectivity index (χ0) is 9.19. The number of methoxy groups -OCH3 is 1. The van der Waals surface area contributed by atoms with E-state index >= 15 is 0 Å². The van der Waals surface area contributed by atoms with Gasteiger partial charge < -0.3 is 9.84 Å². The van der Waals surface area contributed by atoms with Crippen LogP contribution in [0, 0.1) is 5.41 Å². The molecule has 0 heterocycles. The van der Waals surface area contributed by atoms with Crippen molar-refractivity contribution < 1.29 is 14.6 Å². The maximum absolute atomic E-state index is 10.7. The van der Waals surface area contributed by atoms with E-state index in [4.69, 9.17) is 9.84 Å². The molecule has 1 unspecified atom stereocenters. The molecule has 0 aromatic rings. The first kappa shape index (κ1) is 8.84. The smallest absolute Gasteiger partial charge is 0.313 e. The van der Waals surface area contributed by atoms with Gasteiger partial charge in [-0.1, -0.05) is 6.08 Å². The SMILES string of the molecule is COC1=CCC(C)(C(=O)O)C=C1. The predicted octanol–water partition coefficient (Wildman–Crippen LogP) is 1.57. The predicted molar refractivity (Wildman–Crippen MR) is 44.6 cm³/mol. The number of carboxylic acids is 1. The fourth-order valence-electron chi connectivity index (χ4n) is 1.02. The Morgan fingerprint density at radius 1 is 1.75 bits per heavy atom. The molecule has 0 aliphatic heterocycles. The molecule has 0 saturated heterocycles. The number of hydrogen-bond donors (Lipinski definition) is 1. The van der Waals surface area contributed by atoms with Crippen molar-refractivity contribution in [2.45, 2.75) is 13.3 Å². The highest BCUT2D eigenvalue weighted by molar-refractivity contribution is 5.77. The average molecular weight is 168 g/mol. The van der Waals surface area contributed by atoms with E-state index in [1.165, 1.54) is 0 Å². The molecule has 1 aliphatic carbocycles. The number of allylic oxidation sites excluding steroid dienone is 2. The Morgan fingerprint density at radius 2 is 2.42 bits per heavy atom. The summed E-state index contributed by atoms with van der Waals surface area (Å²) < 4.78 is 4.95. The van der Waals surface area contributed by atoms with Crippen molar-refractivity contribution >= 4 is 5.97 Å². The highest BCUT2D eigenvalue weighted by Gasteiger charge is 2.30. The van der Waals surface area contributed by atoms with Crippen LogP contribution in [0.3, 0.4) is 0 Å². The Hall–Kier alpha value is -1.25. The van der Waals surface area contributed by atoms with E-state index in [9.17, 15) is 4.79 Å². The van der Waals surface area contributed by atoms with E-state index in [0.717, 1.165) is 5.76 Å². The summed E-state index contributed by atoms with van der Waals surface area (Å²) in [5, 5.41) is 8.84. The topological polar surface area (TPSA) is 46.5 Å². The summed E-state index contributed by atoms with van der Waals surface area (Å²) in [4.78, 5) is 10.7. The van der Waals surface area contributed by atoms with Crippen molar-refractivity contribution in [3.63, 3.8) is 0 Å². The molecule has 1 atom stereocenters. The summed E-state index contributed by atoms with van der Waals surface area (Å²) in [6.45, 7) is 1.69. The molecule has 12 heavy (non-hydrogen) atoms. The summed E-state index contributed by atoms with van der Waals surface area (Å²) in [7, 11) is 1.57. The zero-order valence-electron chi connectivity index (χ0n) is 7.20. The number of carboxylic acid groups (broad SMARTS) is 1. The van der Waals surface area contributed by atoms with Gasteiger partial charge in [-0.05, 0) is 25.5 Å². The van der Waals surface area contributed by atoms with Crippen LogP contribution in [-0.4, -0.2) is 18.2 Å².